The summed E-state index contributed by atoms with van der Waals surface area (Å²) >= 11 is 0. The predicted molar refractivity (Wildman–Crippen MR) is 121 cm³/mol. The molecule has 2 aromatic heterocycles. The van der Waals surface area contributed by atoms with Crippen LogP contribution in [0.4, 0.5) is 0 Å². The van der Waals surface area contributed by atoms with Crippen molar-refractivity contribution in [1.82, 2.24) is 14.1 Å². The average Bonchev–Trinajstić information content (AvgIpc) is 3.47. The molecular formula is C24H23N5O3. The zero-order valence-corrected chi connectivity index (χ0v) is 17.3. The van der Waals surface area contributed by atoms with Gasteiger partial charge in [-0.25, -0.2) is 4.98 Å². The molecule has 0 saturated carbocycles. The minimum atomic E-state index is -0.868. The van der Waals surface area contributed by atoms with Gasteiger partial charge in [-0.1, -0.05) is 12.1 Å². The molecule has 1 amide bonds. The van der Waals surface area contributed by atoms with Gasteiger partial charge in [0, 0.05) is 35.9 Å². The molecule has 0 atom stereocenters. The molecule has 2 heterocycles. The van der Waals surface area contributed by atoms with Crippen molar-refractivity contribution in [2.24, 2.45) is 11.5 Å². The highest BCUT2D eigenvalue weighted by molar-refractivity contribution is 5.93. The van der Waals surface area contributed by atoms with E-state index in [0.29, 0.717) is 12.0 Å². The van der Waals surface area contributed by atoms with E-state index in [1.54, 1.807) is 30.7 Å². The second kappa shape index (κ2) is 8.91. The van der Waals surface area contributed by atoms with Crippen LogP contribution in [0.25, 0.3) is 22.6 Å². The van der Waals surface area contributed by atoms with E-state index in [0.717, 1.165) is 33.9 Å². The van der Waals surface area contributed by atoms with E-state index in [4.69, 9.17) is 11.5 Å². The highest BCUT2D eigenvalue weighted by Crippen LogP contribution is 2.30. The second-order valence-electron chi connectivity index (χ2n) is 7.37. The van der Waals surface area contributed by atoms with Crippen LogP contribution in [0.3, 0.4) is 0 Å². The van der Waals surface area contributed by atoms with E-state index in [-0.39, 0.29) is 13.0 Å². The molecule has 5 N–H and O–H groups in total. The van der Waals surface area contributed by atoms with Gasteiger partial charge in [0.1, 0.15) is 0 Å². The number of aromatic nitrogens is 3. The smallest absolute Gasteiger partial charge is 0.303 e. The summed E-state index contributed by atoms with van der Waals surface area (Å²) < 4.78 is 3.92. The first kappa shape index (κ1) is 21.1. The number of rotatable bonds is 8. The third-order valence-electron chi connectivity index (χ3n) is 5.35. The molecule has 0 bridgehead atoms. The molecule has 0 radical (unpaired) electrons. The molecule has 8 nitrogen and oxygen atoms in total. The standard InChI is InChI=1S/C24H23N5O3/c25-14-18-13-17(24(26)32)3-8-22(18)29-20(7-10-23(30)31)6-9-21(29)16-1-4-19(5-2-16)28-12-11-27-15-28/h1-6,8-9,11-13,15H,7,10,14,25H2,(H2,26,32)(H,30,31). The molecule has 4 rings (SSSR count). The van der Waals surface area contributed by atoms with Crippen LogP contribution < -0.4 is 11.5 Å². The molecule has 0 spiro atoms. The van der Waals surface area contributed by atoms with Crippen molar-refractivity contribution < 1.29 is 14.7 Å². The van der Waals surface area contributed by atoms with Crippen LogP contribution in [-0.2, 0) is 17.8 Å². The van der Waals surface area contributed by atoms with Gasteiger partial charge in [0.05, 0.1) is 24.1 Å². The molecule has 0 fully saturated rings. The minimum absolute atomic E-state index is 0.000346. The molecule has 4 aromatic rings. The number of aryl methyl sites for hydroxylation is 1. The Morgan fingerprint density at radius 2 is 1.81 bits per heavy atom. The molecule has 2 aromatic carbocycles. The first-order chi connectivity index (χ1) is 15.5. The van der Waals surface area contributed by atoms with Crippen molar-refractivity contribution >= 4 is 11.9 Å². The first-order valence-electron chi connectivity index (χ1n) is 10.1. The van der Waals surface area contributed by atoms with Gasteiger partial charge in [-0.2, -0.15) is 0 Å². The number of carbonyl (C=O) groups excluding carboxylic acids is 1. The molecule has 0 unspecified atom stereocenters. The Morgan fingerprint density at radius 1 is 1.03 bits per heavy atom. The number of benzene rings is 2. The van der Waals surface area contributed by atoms with E-state index in [2.05, 4.69) is 4.98 Å². The van der Waals surface area contributed by atoms with Crippen LogP contribution in [0, 0.1) is 0 Å². The van der Waals surface area contributed by atoms with E-state index >= 15 is 0 Å². The lowest BCUT2D eigenvalue weighted by Crippen LogP contribution is -2.14. The SMILES string of the molecule is NCc1cc(C(N)=O)ccc1-n1c(CCC(=O)O)ccc1-c1ccc(-n2ccnc2)cc1. The zero-order valence-electron chi connectivity index (χ0n) is 17.3. The second-order valence-corrected chi connectivity index (χ2v) is 7.37. The first-order valence-corrected chi connectivity index (χ1v) is 10.1. The maximum atomic E-state index is 11.6. The summed E-state index contributed by atoms with van der Waals surface area (Å²) in [5.74, 6) is -1.40. The number of carbonyl (C=O) groups is 2. The summed E-state index contributed by atoms with van der Waals surface area (Å²) in [4.78, 5) is 26.9. The Labute approximate surface area is 184 Å². The number of hydrogen-bond acceptors (Lipinski definition) is 4. The summed E-state index contributed by atoms with van der Waals surface area (Å²) in [6.45, 7) is 0.200. The van der Waals surface area contributed by atoms with Crippen molar-refractivity contribution in [3.63, 3.8) is 0 Å². The summed E-state index contributed by atoms with van der Waals surface area (Å²) in [7, 11) is 0. The number of nitrogens with two attached hydrogens (primary N) is 2. The number of primary amides is 1. The van der Waals surface area contributed by atoms with Crippen LogP contribution >= 0.6 is 0 Å². The maximum absolute atomic E-state index is 11.6. The fraction of sp³-hybridized carbons (Fsp3) is 0.125. The lowest BCUT2D eigenvalue weighted by Gasteiger charge is -2.18. The number of hydrogen-bond donors (Lipinski definition) is 3. The molecule has 32 heavy (non-hydrogen) atoms. The Balaban J connectivity index is 1.82. The van der Waals surface area contributed by atoms with Crippen LogP contribution in [0.5, 0.6) is 0 Å². The van der Waals surface area contributed by atoms with Gasteiger partial charge in [0.2, 0.25) is 5.91 Å². The summed E-state index contributed by atoms with van der Waals surface area (Å²) in [6, 6.07) is 17.0. The largest absolute Gasteiger partial charge is 0.481 e. The molecule has 0 aliphatic carbocycles. The Hall–Kier alpha value is -4.17. The molecular weight excluding hydrogens is 406 g/mol. The fourth-order valence-corrected chi connectivity index (χ4v) is 3.76. The molecule has 8 heteroatoms. The molecule has 162 valence electrons. The minimum Gasteiger partial charge on any atom is -0.481 e. The summed E-state index contributed by atoms with van der Waals surface area (Å²) in [5, 5.41) is 9.19. The van der Waals surface area contributed by atoms with Crippen LogP contribution in [-0.4, -0.2) is 31.1 Å². The Kier molecular flexibility index (Phi) is 5.87. The van der Waals surface area contributed by atoms with Crippen LogP contribution in [0.1, 0.15) is 28.0 Å². The van der Waals surface area contributed by atoms with E-state index < -0.39 is 11.9 Å². The van der Waals surface area contributed by atoms with Crippen LogP contribution in [0.15, 0.2) is 73.3 Å². The van der Waals surface area contributed by atoms with Crippen molar-refractivity contribution in [2.45, 2.75) is 19.4 Å². The monoisotopic (exact) mass is 429 g/mol. The summed E-state index contributed by atoms with van der Waals surface area (Å²) in [5.41, 5.74) is 17.0. The van der Waals surface area contributed by atoms with Crippen molar-refractivity contribution in [3.8, 4) is 22.6 Å². The van der Waals surface area contributed by atoms with E-state index in [9.17, 15) is 14.7 Å². The van der Waals surface area contributed by atoms with Crippen molar-refractivity contribution in [2.75, 3.05) is 0 Å². The third kappa shape index (κ3) is 4.17. The number of nitrogens with zero attached hydrogens (tertiary/aromatic N) is 3. The highest BCUT2D eigenvalue weighted by Gasteiger charge is 2.17. The average molecular weight is 429 g/mol. The van der Waals surface area contributed by atoms with Gasteiger partial charge in [-0.05, 0) is 60.0 Å². The lowest BCUT2D eigenvalue weighted by molar-refractivity contribution is -0.136. The van der Waals surface area contributed by atoms with E-state index in [1.165, 1.54) is 0 Å². The number of carboxylic acid groups (broad SMARTS) is 1. The number of imidazole rings is 1. The zero-order chi connectivity index (χ0) is 22.7. The Bertz CT molecular complexity index is 1260. The fourth-order valence-electron chi connectivity index (χ4n) is 3.76. The quantitative estimate of drug-likeness (QED) is 0.397. The highest BCUT2D eigenvalue weighted by atomic mass is 16.4. The van der Waals surface area contributed by atoms with Crippen molar-refractivity contribution in [3.05, 3.63) is 90.1 Å². The van der Waals surface area contributed by atoms with E-state index in [1.807, 2.05) is 51.7 Å². The number of aliphatic carboxylic acids is 1. The molecule has 0 saturated heterocycles. The normalized spacial score (nSPS) is 10.9. The Morgan fingerprint density at radius 3 is 2.44 bits per heavy atom. The van der Waals surface area contributed by atoms with Gasteiger partial charge in [-0.3, -0.25) is 9.59 Å². The lowest BCUT2D eigenvalue weighted by atomic mass is 10.1. The van der Waals surface area contributed by atoms with Crippen molar-refractivity contribution in [1.29, 1.82) is 0 Å². The van der Waals surface area contributed by atoms with Gasteiger partial charge >= 0.3 is 5.97 Å². The number of carboxylic acids is 1. The van der Waals surface area contributed by atoms with Gasteiger partial charge in [0.15, 0.2) is 0 Å². The summed E-state index contributed by atoms with van der Waals surface area (Å²) in [6.07, 6.45) is 5.67. The van der Waals surface area contributed by atoms with Gasteiger partial charge < -0.3 is 25.7 Å². The van der Waals surface area contributed by atoms with Gasteiger partial charge in [0.25, 0.3) is 0 Å². The third-order valence-corrected chi connectivity index (χ3v) is 5.35. The maximum Gasteiger partial charge on any atom is 0.303 e. The molecule has 0 aliphatic rings. The predicted octanol–water partition coefficient (Wildman–Crippen LogP) is 2.90. The van der Waals surface area contributed by atoms with Crippen LogP contribution in [0.2, 0.25) is 0 Å². The molecule has 0 aliphatic heterocycles. The number of amides is 1. The topological polar surface area (TPSA) is 129 Å². The van der Waals surface area contributed by atoms with Gasteiger partial charge in [-0.15, -0.1) is 0 Å².